The molecule has 1 aliphatic rings. The Morgan fingerprint density at radius 3 is 2.64 bits per heavy atom. The average Bonchev–Trinajstić information content (AvgIpc) is 3.15. The summed E-state index contributed by atoms with van der Waals surface area (Å²) < 4.78 is 30.1. The van der Waals surface area contributed by atoms with E-state index in [1.165, 1.54) is 19.1 Å². The molecule has 0 aliphatic carbocycles. The van der Waals surface area contributed by atoms with Crippen molar-refractivity contribution in [3.8, 4) is 5.75 Å². The quantitative estimate of drug-likeness (QED) is 0.818. The zero-order valence-electron chi connectivity index (χ0n) is 15.5. The highest BCUT2D eigenvalue weighted by Crippen LogP contribution is 2.28. The van der Waals surface area contributed by atoms with Crippen molar-refractivity contribution in [3.63, 3.8) is 0 Å². The Balaban J connectivity index is 1.80. The molecule has 1 atom stereocenters. The highest BCUT2D eigenvalue weighted by Gasteiger charge is 2.32. The number of halogens is 2. The highest BCUT2D eigenvalue weighted by atomic mass is 19.3. The van der Waals surface area contributed by atoms with Crippen LogP contribution in [0.2, 0.25) is 0 Å². The standard InChI is InChI=1S/C21H22F2N2O3/c1-14(26)25-11-5-8-18(25)20(27)24-17-9-10-19(28-21(22)23)16(13-17)12-15-6-3-2-4-7-15/h2-4,6-7,9-10,13,18,21H,5,8,11-12H2,1H3,(H,24,27). The van der Waals surface area contributed by atoms with Crippen LogP contribution in [-0.4, -0.2) is 35.9 Å². The van der Waals surface area contributed by atoms with Gasteiger partial charge in [-0.15, -0.1) is 0 Å². The summed E-state index contributed by atoms with van der Waals surface area (Å²) in [6.45, 7) is -0.925. The first-order chi connectivity index (χ1) is 13.4. The van der Waals surface area contributed by atoms with Gasteiger partial charge in [-0.1, -0.05) is 30.3 Å². The van der Waals surface area contributed by atoms with Crippen LogP contribution in [0.1, 0.15) is 30.9 Å². The largest absolute Gasteiger partial charge is 0.435 e. The summed E-state index contributed by atoms with van der Waals surface area (Å²) in [5, 5.41) is 2.80. The summed E-state index contributed by atoms with van der Waals surface area (Å²) in [4.78, 5) is 25.8. The predicted molar refractivity (Wildman–Crippen MR) is 101 cm³/mol. The molecular formula is C21H22F2N2O3. The van der Waals surface area contributed by atoms with Crippen molar-refractivity contribution in [2.24, 2.45) is 0 Å². The van der Waals surface area contributed by atoms with Crippen molar-refractivity contribution in [2.75, 3.05) is 11.9 Å². The van der Waals surface area contributed by atoms with Crippen molar-refractivity contribution in [2.45, 2.75) is 38.8 Å². The van der Waals surface area contributed by atoms with Gasteiger partial charge < -0.3 is 15.0 Å². The highest BCUT2D eigenvalue weighted by molar-refractivity contribution is 5.97. The molecule has 2 aromatic rings. The molecular weight excluding hydrogens is 366 g/mol. The molecule has 0 radical (unpaired) electrons. The number of carbonyl (C=O) groups is 2. The average molecular weight is 388 g/mol. The number of likely N-dealkylation sites (tertiary alicyclic amines) is 1. The monoisotopic (exact) mass is 388 g/mol. The molecule has 3 rings (SSSR count). The van der Waals surface area contributed by atoms with Crippen molar-refractivity contribution < 1.29 is 23.1 Å². The molecule has 0 aromatic heterocycles. The van der Waals surface area contributed by atoms with E-state index in [2.05, 4.69) is 10.1 Å². The van der Waals surface area contributed by atoms with Crippen LogP contribution >= 0.6 is 0 Å². The second-order valence-electron chi connectivity index (χ2n) is 6.72. The van der Waals surface area contributed by atoms with Crippen LogP contribution in [0.3, 0.4) is 0 Å². The van der Waals surface area contributed by atoms with Crippen LogP contribution in [0.25, 0.3) is 0 Å². The van der Waals surface area contributed by atoms with Crippen LogP contribution in [0.5, 0.6) is 5.75 Å². The molecule has 1 fully saturated rings. The molecule has 28 heavy (non-hydrogen) atoms. The molecule has 2 amide bonds. The molecule has 5 nitrogen and oxygen atoms in total. The molecule has 1 heterocycles. The van der Waals surface area contributed by atoms with E-state index < -0.39 is 12.7 Å². The van der Waals surface area contributed by atoms with Gasteiger partial charge in [0.2, 0.25) is 11.8 Å². The third-order valence-corrected chi connectivity index (χ3v) is 4.74. The second kappa shape index (κ2) is 8.82. The van der Waals surface area contributed by atoms with Gasteiger partial charge in [0.05, 0.1) is 0 Å². The van der Waals surface area contributed by atoms with Gasteiger partial charge in [0.25, 0.3) is 0 Å². The van der Waals surface area contributed by atoms with Crippen LogP contribution in [0.15, 0.2) is 48.5 Å². The van der Waals surface area contributed by atoms with E-state index in [4.69, 9.17) is 0 Å². The Labute approximate surface area is 162 Å². The molecule has 1 saturated heterocycles. The minimum absolute atomic E-state index is 0.0723. The molecule has 0 spiro atoms. The molecule has 1 N–H and O–H groups in total. The van der Waals surface area contributed by atoms with E-state index in [0.717, 1.165) is 12.0 Å². The Bertz CT molecular complexity index is 843. The Morgan fingerprint density at radius 2 is 1.96 bits per heavy atom. The summed E-state index contributed by atoms with van der Waals surface area (Å²) in [6, 6.07) is 13.5. The van der Waals surface area contributed by atoms with E-state index in [1.54, 1.807) is 11.0 Å². The summed E-state index contributed by atoms with van der Waals surface area (Å²) in [5.74, 6) is -0.341. The maximum atomic E-state index is 12.7. The van der Waals surface area contributed by atoms with Crippen molar-refractivity contribution in [3.05, 3.63) is 59.7 Å². The molecule has 0 saturated carbocycles. The van der Waals surface area contributed by atoms with Gasteiger partial charge in [0.15, 0.2) is 0 Å². The lowest BCUT2D eigenvalue weighted by Gasteiger charge is -2.22. The van der Waals surface area contributed by atoms with E-state index in [9.17, 15) is 18.4 Å². The molecule has 1 unspecified atom stereocenters. The Morgan fingerprint density at radius 1 is 1.21 bits per heavy atom. The molecule has 7 heteroatoms. The van der Waals surface area contributed by atoms with E-state index in [-0.39, 0.29) is 17.6 Å². The van der Waals surface area contributed by atoms with E-state index >= 15 is 0 Å². The number of nitrogens with one attached hydrogen (secondary N) is 1. The SMILES string of the molecule is CC(=O)N1CCCC1C(=O)Nc1ccc(OC(F)F)c(Cc2ccccc2)c1. The van der Waals surface area contributed by atoms with Gasteiger partial charge in [-0.3, -0.25) is 9.59 Å². The summed E-state index contributed by atoms with van der Waals surface area (Å²) in [5.41, 5.74) is 1.95. The molecule has 1 aliphatic heterocycles. The van der Waals surface area contributed by atoms with Crippen molar-refractivity contribution in [1.82, 2.24) is 4.90 Å². The van der Waals surface area contributed by atoms with Crippen molar-refractivity contribution >= 4 is 17.5 Å². The van der Waals surface area contributed by atoms with Gasteiger partial charge >= 0.3 is 6.61 Å². The van der Waals surface area contributed by atoms with Crippen LogP contribution in [-0.2, 0) is 16.0 Å². The number of benzene rings is 2. The lowest BCUT2D eigenvalue weighted by Crippen LogP contribution is -2.42. The Kier molecular flexibility index (Phi) is 6.23. The number of amides is 2. The lowest BCUT2D eigenvalue weighted by molar-refractivity contribution is -0.134. The fourth-order valence-electron chi connectivity index (χ4n) is 3.46. The van der Waals surface area contributed by atoms with E-state index in [0.29, 0.717) is 30.6 Å². The third kappa shape index (κ3) is 4.85. The first kappa shape index (κ1) is 19.8. The van der Waals surface area contributed by atoms with Crippen LogP contribution in [0.4, 0.5) is 14.5 Å². The zero-order valence-corrected chi connectivity index (χ0v) is 15.5. The van der Waals surface area contributed by atoms with E-state index in [1.807, 2.05) is 30.3 Å². The number of hydrogen-bond acceptors (Lipinski definition) is 3. The third-order valence-electron chi connectivity index (χ3n) is 4.74. The first-order valence-corrected chi connectivity index (χ1v) is 9.14. The van der Waals surface area contributed by atoms with Crippen LogP contribution in [0, 0.1) is 0 Å². The van der Waals surface area contributed by atoms with Gasteiger partial charge in [-0.2, -0.15) is 8.78 Å². The number of alkyl halides is 2. The number of carbonyl (C=O) groups excluding carboxylic acids is 2. The van der Waals surface area contributed by atoms with Crippen LogP contribution < -0.4 is 10.1 Å². The minimum atomic E-state index is -2.93. The lowest BCUT2D eigenvalue weighted by atomic mass is 10.0. The zero-order chi connectivity index (χ0) is 20.1. The Hall–Kier alpha value is -2.96. The number of nitrogens with zero attached hydrogens (tertiary/aromatic N) is 1. The molecule has 0 bridgehead atoms. The summed E-state index contributed by atoms with van der Waals surface area (Å²) in [6.07, 6.45) is 1.77. The summed E-state index contributed by atoms with van der Waals surface area (Å²) in [7, 11) is 0. The molecule has 2 aromatic carbocycles. The topological polar surface area (TPSA) is 58.6 Å². The predicted octanol–water partition coefficient (Wildman–Crippen LogP) is 3.83. The maximum absolute atomic E-state index is 12.7. The number of rotatable bonds is 6. The van der Waals surface area contributed by atoms with Gasteiger partial charge in [-0.05, 0) is 36.6 Å². The fraction of sp³-hybridized carbons (Fsp3) is 0.333. The summed E-state index contributed by atoms with van der Waals surface area (Å²) >= 11 is 0. The normalized spacial score (nSPS) is 16.3. The van der Waals surface area contributed by atoms with Crippen molar-refractivity contribution in [1.29, 1.82) is 0 Å². The van der Waals surface area contributed by atoms with Gasteiger partial charge in [0, 0.05) is 31.1 Å². The number of hydrogen-bond donors (Lipinski definition) is 1. The molecule has 148 valence electrons. The van der Waals surface area contributed by atoms with Gasteiger partial charge in [0.1, 0.15) is 11.8 Å². The maximum Gasteiger partial charge on any atom is 0.387 e. The smallest absolute Gasteiger partial charge is 0.387 e. The number of ether oxygens (including phenoxy) is 1. The van der Waals surface area contributed by atoms with Gasteiger partial charge in [-0.25, -0.2) is 0 Å². The minimum Gasteiger partial charge on any atom is -0.435 e. The number of anilines is 1. The first-order valence-electron chi connectivity index (χ1n) is 9.14. The fourth-order valence-corrected chi connectivity index (χ4v) is 3.46. The second-order valence-corrected chi connectivity index (χ2v) is 6.72.